The van der Waals surface area contributed by atoms with E-state index in [9.17, 15) is 4.39 Å². The monoisotopic (exact) mass is 393 g/mol. The molecule has 29 heavy (non-hydrogen) atoms. The van der Waals surface area contributed by atoms with E-state index in [-0.39, 0.29) is 6.67 Å². The fourth-order valence-electron chi connectivity index (χ4n) is 4.38. The first-order valence-corrected chi connectivity index (χ1v) is 10.1. The number of pyridine rings is 1. The van der Waals surface area contributed by atoms with Crippen LogP contribution in [0.25, 0.3) is 29.3 Å². The summed E-state index contributed by atoms with van der Waals surface area (Å²) in [4.78, 5) is 10.4. The lowest BCUT2D eigenvalue weighted by atomic mass is 9.91. The molecule has 3 aromatic heterocycles. The highest BCUT2D eigenvalue weighted by molar-refractivity contribution is 5.92. The van der Waals surface area contributed by atoms with Crippen molar-refractivity contribution in [1.29, 1.82) is 0 Å². The van der Waals surface area contributed by atoms with E-state index in [1.54, 1.807) is 4.68 Å². The van der Waals surface area contributed by atoms with Crippen molar-refractivity contribution in [2.24, 2.45) is 7.05 Å². The van der Waals surface area contributed by atoms with Gasteiger partial charge in [-0.3, -0.25) is 4.68 Å². The van der Waals surface area contributed by atoms with Crippen molar-refractivity contribution in [2.45, 2.75) is 25.7 Å². The van der Waals surface area contributed by atoms with E-state index >= 15 is 0 Å². The van der Waals surface area contributed by atoms with Crippen LogP contribution in [-0.2, 0) is 7.05 Å². The molecule has 0 bridgehead atoms. The van der Waals surface area contributed by atoms with E-state index in [1.807, 2.05) is 25.6 Å². The molecule has 5 nitrogen and oxygen atoms in total. The summed E-state index contributed by atoms with van der Waals surface area (Å²) in [5.41, 5.74) is 5.26. The molecule has 1 N–H and O–H groups in total. The summed E-state index contributed by atoms with van der Waals surface area (Å²) < 4.78 is 14.4. The van der Waals surface area contributed by atoms with Gasteiger partial charge in [-0.25, -0.2) is 9.37 Å². The summed E-state index contributed by atoms with van der Waals surface area (Å²) in [6.45, 7) is 12.7. The number of allylic oxidation sites excluding steroid dienone is 1. The first-order chi connectivity index (χ1) is 14.0. The lowest BCUT2D eigenvalue weighted by molar-refractivity contribution is 0.196. The number of aryl methyl sites for hydroxylation is 2. The van der Waals surface area contributed by atoms with E-state index < -0.39 is 0 Å². The van der Waals surface area contributed by atoms with Gasteiger partial charge in [-0.2, -0.15) is 5.10 Å². The van der Waals surface area contributed by atoms with Crippen molar-refractivity contribution in [2.75, 3.05) is 26.3 Å². The van der Waals surface area contributed by atoms with E-state index in [1.165, 1.54) is 11.3 Å². The molecule has 0 saturated carbocycles. The lowest BCUT2D eigenvalue weighted by Gasteiger charge is -2.31. The largest absolute Gasteiger partial charge is 0.343 e. The summed E-state index contributed by atoms with van der Waals surface area (Å²) in [6, 6.07) is 0. The van der Waals surface area contributed by atoms with E-state index in [4.69, 9.17) is 0 Å². The summed E-state index contributed by atoms with van der Waals surface area (Å²) >= 11 is 0. The Labute approximate surface area is 170 Å². The van der Waals surface area contributed by atoms with Gasteiger partial charge in [-0.1, -0.05) is 13.2 Å². The zero-order valence-electron chi connectivity index (χ0n) is 17.2. The van der Waals surface area contributed by atoms with Crippen LogP contribution in [0.3, 0.4) is 0 Å². The van der Waals surface area contributed by atoms with Crippen molar-refractivity contribution >= 4 is 29.3 Å². The van der Waals surface area contributed by atoms with Crippen LogP contribution in [0, 0.1) is 6.92 Å². The third kappa shape index (κ3) is 3.77. The maximum atomic E-state index is 12.6. The molecule has 4 rings (SSSR count). The maximum Gasteiger partial charge on any atom is 0.138 e. The molecule has 0 aromatic carbocycles. The Balaban J connectivity index is 1.73. The van der Waals surface area contributed by atoms with Crippen LogP contribution >= 0.6 is 0 Å². The molecule has 0 unspecified atom stereocenters. The van der Waals surface area contributed by atoms with E-state index in [2.05, 4.69) is 46.1 Å². The number of piperidine rings is 1. The minimum absolute atomic E-state index is 0.272. The van der Waals surface area contributed by atoms with E-state index in [0.29, 0.717) is 12.5 Å². The molecule has 0 aliphatic carbocycles. The molecule has 1 aliphatic rings. The van der Waals surface area contributed by atoms with Crippen LogP contribution in [0.4, 0.5) is 4.39 Å². The second-order valence-electron chi connectivity index (χ2n) is 7.96. The first-order valence-electron chi connectivity index (χ1n) is 10.1. The Bertz CT molecular complexity index is 1150. The van der Waals surface area contributed by atoms with Gasteiger partial charge in [0.25, 0.3) is 0 Å². The molecule has 0 atom stereocenters. The molecular formula is C23H28FN5. The molecule has 3 aromatic rings. The molecule has 0 amide bonds. The molecular weight excluding hydrogens is 365 g/mol. The Morgan fingerprint density at radius 3 is 2.76 bits per heavy atom. The number of likely N-dealkylation sites (tertiary alicyclic amines) is 1. The zero-order chi connectivity index (χ0) is 20.5. The highest BCUT2D eigenvalue weighted by Crippen LogP contribution is 2.31. The van der Waals surface area contributed by atoms with Gasteiger partial charge in [0.2, 0.25) is 0 Å². The molecule has 6 heteroatoms. The second kappa shape index (κ2) is 7.95. The quantitative estimate of drug-likeness (QED) is 0.725. The topological polar surface area (TPSA) is 49.7 Å². The molecule has 1 saturated heterocycles. The zero-order valence-corrected chi connectivity index (χ0v) is 17.2. The average molecular weight is 394 g/mol. The normalized spacial score (nSPS) is 16.7. The van der Waals surface area contributed by atoms with Crippen molar-refractivity contribution in [1.82, 2.24) is 24.6 Å². The number of fused-ring (bicyclic) bond motifs is 1. The van der Waals surface area contributed by atoms with Gasteiger partial charge >= 0.3 is 0 Å². The summed E-state index contributed by atoms with van der Waals surface area (Å²) in [5.74, 6) is 0.447. The highest BCUT2D eigenvalue weighted by atomic mass is 19.1. The number of hydrogen-bond acceptors (Lipinski definition) is 3. The van der Waals surface area contributed by atoms with Crippen LogP contribution in [0.2, 0.25) is 0 Å². The number of hydrogen-bond donors (Lipinski definition) is 1. The van der Waals surface area contributed by atoms with Crippen LogP contribution in [0.1, 0.15) is 35.6 Å². The van der Waals surface area contributed by atoms with Crippen LogP contribution in [-0.4, -0.2) is 51.0 Å². The Morgan fingerprint density at radius 1 is 1.34 bits per heavy atom. The van der Waals surface area contributed by atoms with Crippen molar-refractivity contribution < 1.29 is 4.39 Å². The maximum absolute atomic E-state index is 12.6. The second-order valence-corrected chi connectivity index (χ2v) is 7.96. The smallest absolute Gasteiger partial charge is 0.138 e. The predicted molar refractivity (Wildman–Crippen MR) is 117 cm³/mol. The van der Waals surface area contributed by atoms with Gasteiger partial charge in [0.05, 0.1) is 6.20 Å². The minimum Gasteiger partial charge on any atom is -0.343 e. The number of alkyl halides is 1. The predicted octanol–water partition coefficient (Wildman–Crippen LogP) is 2.66. The van der Waals surface area contributed by atoms with Crippen molar-refractivity contribution in [3.63, 3.8) is 0 Å². The number of aromatic amines is 1. The van der Waals surface area contributed by atoms with Crippen LogP contribution in [0.15, 0.2) is 25.2 Å². The van der Waals surface area contributed by atoms with Crippen molar-refractivity contribution in [3.8, 4) is 0 Å². The van der Waals surface area contributed by atoms with E-state index in [0.717, 1.165) is 58.5 Å². The fourth-order valence-corrected chi connectivity index (χ4v) is 4.38. The molecule has 0 spiro atoms. The number of nitrogens with one attached hydrogen (secondary N) is 1. The van der Waals surface area contributed by atoms with Gasteiger partial charge < -0.3 is 9.88 Å². The minimum atomic E-state index is -0.272. The third-order valence-electron chi connectivity index (χ3n) is 6.02. The number of H-pyrrole nitrogens is 1. The van der Waals surface area contributed by atoms with Crippen molar-refractivity contribution in [3.05, 3.63) is 52.4 Å². The van der Waals surface area contributed by atoms with Gasteiger partial charge in [0, 0.05) is 48.5 Å². The Hall–Kier alpha value is -2.73. The summed E-state index contributed by atoms with van der Waals surface area (Å²) in [7, 11) is 1.90. The number of rotatable bonds is 5. The standard InChI is InChI=1S/C23H28FN5/c1-15(19-13-26-28(4)14-19)11-20-16(2)12-25-23-21(20)17(3)22(27-23)18-5-8-29(9-6-18)10-7-24/h11-14,18,27H,1-2,5-10H2,3-4H3/b20-11+. The molecule has 0 radical (unpaired) electrons. The SMILES string of the molecule is C=C(/C=c1\c(=C)cnc2[nH]c(C3CCN(CCF)CC3)c(C)c12)c1cnn(C)c1. The number of nitrogens with zero attached hydrogens (tertiary/aromatic N) is 4. The number of aromatic nitrogens is 4. The summed E-state index contributed by atoms with van der Waals surface area (Å²) in [5, 5.41) is 7.29. The fraction of sp³-hybridized carbons (Fsp3) is 0.391. The first kappa shape index (κ1) is 19.6. The molecule has 152 valence electrons. The van der Waals surface area contributed by atoms with Crippen LogP contribution in [0.5, 0.6) is 0 Å². The summed E-state index contributed by atoms with van der Waals surface area (Å²) in [6.07, 6.45) is 9.74. The van der Waals surface area contributed by atoms with Gasteiger partial charge in [-0.15, -0.1) is 0 Å². The molecule has 4 heterocycles. The van der Waals surface area contributed by atoms with Gasteiger partial charge in [0.15, 0.2) is 0 Å². The number of halogens is 1. The Kier molecular flexibility index (Phi) is 5.37. The van der Waals surface area contributed by atoms with Crippen LogP contribution < -0.4 is 10.4 Å². The average Bonchev–Trinajstić information content (AvgIpc) is 3.29. The molecule has 1 aliphatic heterocycles. The Morgan fingerprint density at radius 2 is 2.10 bits per heavy atom. The van der Waals surface area contributed by atoms with Gasteiger partial charge in [0.1, 0.15) is 12.3 Å². The molecule has 1 fully saturated rings. The third-order valence-corrected chi connectivity index (χ3v) is 6.02. The van der Waals surface area contributed by atoms with Gasteiger partial charge in [-0.05, 0) is 60.5 Å². The highest BCUT2D eigenvalue weighted by Gasteiger charge is 2.24. The lowest BCUT2D eigenvalue weighted by Crippen LogP contribution is -2.34.